The zero-order valence-corrected chi connectivity index (χ0v) is 14.6. The first-order chi connectivity index (χ1) is 11.6. The molecular formula is C17H25N5O2. The van der Waals surface area contributed by atoms with Crippen LogP contribution in [0.3, 0.4) is 0 Å². The van der Waals surface area contributed by atoms with Gasteiger partial charge in [-0.05, 0) is 20.3 Å². The van der Waals surface area contributed by atoms with Crippen molar-refractivity contribution in [1.82, 2.24) is 19.7 Å². The molecular weight excluding hydrogens is 306 g/mol. The van der Waals surface area contributed by atoms with E-state index < -0.39 is 0 Å². The van der Waals surface area contributed by atoms with Crippen molar-refractivity contribution in [1.29, 1.82) is 0 Å². The van der Waals surface area contributed by atoms with Gasteiger partial charge < -0.3 is 14.7 Å². The van der Waals surface area contributed by atoms with Crippen molar-refractivity contribution in [3.63, 3.8) is 0 Å². The summed E-state index contributed by atoms with van der Waals surface area (Å²) in [5.74, 6) is 1.17. The van der Waals surface area contributed by atoms with Crippen LogP contribution in [0.5, 0.6) is 0 Å². The predicted octanol–water partition coefficient (Wildman–Crippen LogP) is 1.33. The van der Waals surface area contributed by atoms with Crippen molar-refractivity contribution in [2.24, 2.45) is 7.05 Å². The summed E-state index contributed by atoms with van der Waals surface area (Å²) in [7, 11) is 1.95. The molecule has 1 aliphatic rings. The highest BCUT2D eigenvalue weighted by Gasteiger charge is 2.21. The van der Waals surface area contributed by atoms with E-state index in [0.29, 0.717) is 19.0 Å². The maximum absolute atomic E-state index is 9.47. The molecule has 0 spiro atoms. The fourth-order valence-electron chi connectivity index (χ4n) is 3.16. The number of anilines is 1. The highest BCUT2D eigenvalue weighted by molar-refractivity contribution is 5.42. The maximum Gasteiger partial charge on any atom is 0.132 e. The Morgan fingerprint density at radius 1 is 1.38 bits per heavy atom. The summed E-state index contributed by atoms with van der Waals surface area (Å²) >= 11 is 0. The molecule has 24 heavy (non-hydrogen) atoms. The summed E-state index contributed by atoms with van der Waals surface area (Å²) in [6.45, 7) is 6.85. The average molecular weight is 331 g/mol. The Morgan fingerprint density at radius 3 is 2.83 bits per heavy atom. The molecule has 0 radical (unpaired) electrons. The zero-order chi connectivity index (χ0) is 17.1. The van der Waals surface area contributed by atoms with Crippen LogP contribution in [-0.4, -0.2) is 51.2 Å². The number of rotatable bonds is 6. The molecule has 3 rings (SSSR count). The maximum atomic E-state index is 9.47. The minimum atomic E-state index is 0.0736. The van der Waals surface area contributed by atoms with Gasteiger partial charge in [0.15, 0.2) is 0 Å². The lowest BCUT2D eigenvalue weighted by molar-refractivity contribution is 0.193. The highest BCUT2D eigenvalue weighted by Crippen LogP contribution is 2.26. The van der Waals surface area contributed by atoms with E-state index in [4.69, 9.17) is 4.74 Å². The number of aryl methyl sites for hydroxylation is 2. The second kappa shape index (κ2) is 7.27. The molecule has 1 unspecified atom stereocenters. The Hall–Kier alpha value is -1.99. The fourth-order valence-corrected chi connectivity index (χ4v) is 3.16. The lowest BCUT2D eigenvalue weighted by Gasteiger charge is -2.23. The summed E-state index contributed by atoms with van der Waals surface area (Å²) in [6, 6.07) is 2.02. The van der Waals surface area contributed by atoms with Gasteiger partial charge in [0, 0.05) is 50.0 Å². The summed E-state index contributed by atoms with van der Waals surface area (Å²) in [4.78, 5) is 10.9. The van der Waals surface area contributed by atoms with Crippen molar-refractivity contribution in [3.05, 3.63) is 35.0 Å². The van der Waals surface area contributed by atoms with E-state index in [-0.39, 0.29) is 6.61 Å². The first-order valence-corrected chi connectivity index (χ1v) is 8.34. The van der Waals surface area contributed by atoms with Crippen LogP contribution in [0, 0.1) is 13.8 Å². The van der Waals surface area contributed by atoms with E-state index in [0.717, 1.165) is 42.5 Å². The van der Waals surface area contributed by atoms with Gasteiger partial charge in [-0.2, -0.15) is 5.10 Å². The number of hydrogen-bond donors (Lipinski definition) is 1. The van der Waals surface area contributed by atoms with Crippen LogP contribution in [0.4, 0.5) is 5.82 Å². The number of nitrogens with zero attached hydrogens (tertiary/aromatic N) is 5. The predicted molar refractivity (Wildman–Crippen MR) is 91.0 cm³/mol. The van der Waals surface area contributed by atoms with Crippen LogP contribution in [-0.2, 0) is 18.3 Å². The largest absolute Gasteiger partial charge is 0.395 e. The molecule has 0 amide bonds. The van der Waals surface area contributed by atoms with E-state index in [9.17, 15) is 5.11 Å². The molecule has 1 atom stereocenters. The van der Waals surface area contributed by atoms with Crippen LogP contribution in [0.1, 0.15) is 35.0 Å². The molecule has 7 nitrogen and oxygen atoms in total. The van der Waals surface area contributed by atoms with E-state index >= 15 is 0 Å². The lowest BCUT2D eigenvalue weighted by atomic mass is 10.0. The Kier molecular flexibility index (Phi) is 5.11. The molecule has 1 saturated heterocycles. The highest BCUT2D eigenvalue weighted by atomic mass is 16.5. The van der Waals surface area contributed by atoms with Crippen molar-refractivity contribution in [3.8, 4) is 0 Å². The molecule has 0 saturated carbocycles. The Bertz CT molecular complexity index is 694. The molecule has 1 N–H and O–H groups in total. The summed E-state index contributed by atoms with van der Waals surface area (Å²) in [5.41, 5.74) is 4.33. The second-order valence-electron chi connectivity index (χ2n) is 6.28. The van der Waals surface area contributed by atoms with Gasteiger partial charge in [-0.15, -0.1) is 0 Å². The van der Waals surface area contributed by atoms with E-state index in [1.807, 2.05) is 24.7 Å². The van der Waals surface area contributed by atoms with Gasteiger partial charge in [0.05, 0.1) is 24.6 Å². The van der Waals surface area contributed by atoms with Gasteiger partial charge in [0.25, 0.3) is 0 Å². The van der Waals surface area contributed by atoms with Gasteiger partial charge in [0.1, 0.15) is 12.1 Å². The molecule has 0 aromatic carbocycles. The minimum absolute atomic E-state index is 0.0736. The van der Waals surface area contributed by atoms with E-state index in [1.165, 1.54) is 5.56 Å². The number of aliphatic hydroxyl groups is 1. The molecule has 1 fully saturated rings. The van der Waals surface area contributed by atoms with E-state index in [2.05, 4.69) is 26.9 Å². The second-order valence-corrected chi connectivity index (χ2v) is 6.28. The Labute approximate surface area is 142 Å². The molecule has 2 aromatic rings. The average Bonchev–Trinajstić information content (AvgIpc) is 3.19. The third-order valence-corrected chi connectivity index (χ3v) is 4.72. The number of hydrogen-bond acceptors (Lipinski definition) is 6. The number of ether oxygens (including phenoxy) is 1. The Morgan fingerprint density at radius 2 is 2.21 bits per heavy atom. The summed E-state index contributed by atoms with van der Waals surface area (Å²) < 4.78 is 7.36. The third-order valence-electron chi connectivity index (χ3n) is 4.72. The zero-order valence-electron chi connectivity index (χ0n) is 14.6. The first-order valence-electron chi connectivity index (χ1n) is 8.34. The van der Waals surface area contributed by atoms with Gasteiger partial charge in [-0.25, -0.2) is 9.97 Å². The van der Waals surface area contributed by atoms with Gasteiger partial charge >= 0.3 is 0 Å². The Balaban J connectivity index is 1.86. The summed E-state index contributed by atoms with van der Waals surface area (Å²) in [6.07, 6.45) is 2.60. The summed E-state index contributed by atoms with van der Waals surface area (Å²) in [5, 5.41) is 14.0. The number of aromatic nitrogens is 4. The van der Waals surface area contributed by atoms with Crippen molar-refractivity contribution in [2.45, 2.75) is 32.7 Å². The van der Waals surface area contributed by atoms with Crippen LogP contribution in [0.25, 0.3) is 0 Å². The topological polar surface area (TPSA) is 76.3 Å². The molecule has 0 aliphatic carbocycles. The first kappa shape index (κ1) is 16.9. The minimum Gasteiger partial charge on any atom is -0.395 e. The van der Waals surface area contributed by atoms with Crippen LogP contribution in [0.15, 0.2) is 12.4 Å². The normalized spacial score (nSPS) is 17.4. The quantitative estimate of drug-likeness (QED) is 0.860. The van der Waals surface area contributed by atoms with Gasteiger partial charge in [-0.1, -0.05) is 0 Å². The van der Waals surface area contributed by atoms with E-state index in [1.54, 1.807) is 6.33 Å². The molecule has 7 heteroatoms. The molecule has 1 aliphatic heterocycles. The monoisotopic (exact) mass is 331 g/mol. The van der Waals surface area contributed by atoms with Crippen LogP contribution >= 0.6 is 0 Å². The van der Waals surface area contributed by atoms with Crippen LogP contribution < -0.4 is 4.90 Å². The van der Waals surface area contributed by atoms with Gasteiger partial charge in [-0.3, -0.25) is 4.68 Å². The molecule has 0 bridgehead atoms. The van der Waals surface area contributed by atoms with Crippen LogP contribution in [0.2, 0.25) is 0 Å². The van der Waals surface area contributed by atoms with Gasteiger partial charge in [0.2, 0.25) is 0 Å². The smallest absolute Gasteiger partial charge is 0.132 e. The molecule has 3 heterocycles. The van der Waals surface area contributed by atoms with Crippen molar-refractivity contribution >= 4 is 5.82 Å². The SMILES string of the molecule is Cc1nn(C)c(C)c1CN(CCO)c1cc(C2CCOC2)ncn1. The molecule has 2 aromatic heterocycles. The third kappa shape index (κ3) is 3.42. The van der Waals surface area contributed by atoms with Crippen molar-refractivity contribution < 1.29 is 9.84 Å². The number of aliphatic hydroxyl groups excluding tert-OH is 1. The molecule has 130 valence electrons. The standard InChI is InChI=1S/C17H25N5O2/c1-12-15(13(2)21(3)20-12)9-22(5-6-23)17-8-16(18-11-19-17)14-4-7-24-10-14/h8,11,14,23H,4-7,9-10H2,1-3H3. The fraction of sp³-hybridized carbons (Fsp3) is 0.588. The van der Waals surface area contributed by atoms with Crippen molar-refractivity contribution in [2.75, 3.05) is 31.3 Å². The lowest BCUT2D eigenvalue weighted by Crippen LogP contribution is -2.28.